The highest BCUT2D eigenvalue weighted by Gasteiger charge is 1.97. The van der Waals surface area contributed by atoms with Gasteiger partial charge in [-0.2, -0.15) is 9.98 Å². The largest absolute Gasteiger partial charge is 0.240 e. The highest BCUT2D eigenvalue weighted by molar-refractivity contribution is 5.53. The number of rotatable bonds is 2. The quantitative estimate of drug-likeness (QED) is 0.616. The van der Waals surface area contributed by atoms with Gasteiger partial charge < -0.3 is 0 Å². The molecule has 0 fully saturated rings. The SMILES string of the molecule is Cc1ccc(F)cc1N=C=O.Cc1ccc(N=C=O)cc1F. The number of carbonyl (C=O) groups excluding carboxylic acids is 2. The van der Waals surface area contributed by atoms with E-state index in [0.717, 1.165) is 5.56 Å². The monoisotopic (exact) mass is 302 g/mol. The number of hydrogen-bond donors (Lipinski definition) is 0. The van der Waals surface area contributed by atoms with Gasteiger partial charge in [0.2, 0.25) is 12.2 Å². The molecule has 0 unspecified atom stereocenters. The first-order chi connectivity index (χ1) is 10.5. The highest BCUT2D eigenvalue weighted by Crippen LogP contribution is 2.18. The first-order valence-electron chi connectivity index (χ1n) is 6.16. The highest BCUT2D eigenvalue weighted by atomic mass is 19.1. The number of nitrogens with zero attached hydrogens (tertiary/aromatic N) is 2. The van der Waals surface area contributed by atoms with Gasteiger partial charge in [0.05, 0.1) is 11.4 Å². The average molecular weight is 302 g/mol. The Balaban J connectivity index is 0.000000220. The first-order valence-corrected chi connectivity index (χ1v) is 6.16. The van der Waals surface area contributed by atoms with Gasteiger partial charge in [-0.3, -0.25) is 0 Å². The van der Waals surface area contributed by atoms with Crippen molar-refractivity contribution in [1.29, 1.82) is 0 Å². The first kappa shape index (κ1) is 17.1. The molecule has 2 aromatic rings. The second-order valence-electron chi connectivity index (χ2n) is 4.27. The fourth-order valence-electron chi connectivity index (χ4n) is 1.46. The van der Waals surface area contributed by atoms with Gasteiger partial charge in [-0.05, 0) is 37.1 Å². The summed E-state index contributed by atoms with van der Waals surface area (Å²) in [5.74, 6) is -0.758. The van der Waals surface area contributed by atoms with Crippen LogP contribution in [-0.4, -0.2) is 12.2 Å². The Morgan fingerprint density at radius 2 is 1.50 bits per heavy atom. The van der Waals surface area contributed by atoms with Crippen molar-refractivity contribution in [1.82, 2.24) is 0 Å². The summed E-state index contributed by atoms with van der Waals surface area (Å²) in [6.07, 6.45) is 2.70. The minimum atomic E-state index is -0.399. The second kappa shape index (κ2) is 8.37. The van der Waals surface area contributed by atoms with Gasteiger partial charge in [-0.25, -0.2) is 18.4 Å². The van der Waals surface area contributed by atoms with E-state index >= 15 is 0 Å². The molecule has 0 aliphatic carbocycles. The Morgan fingerprint density at radius 3 is 2.09 bits per heavy atom. The molecule has 0 bridgehead atoms. The molecule has 0 saturated carbocycles. The molecule has 0 saturated heterocycles. The molecule has 112 valence electrons. The molecule has 0 N–H and O–H groups in total. The van der Waals surface area contributed by atoms with Crippen LogP contribution in [0.5, 0.6) is 0 Å². The molecule has 2 rings (SSSR count). The van der Waals surface area contributed by atoms with Crippen molar-refractivity contribution >= 4 is 23.5 Å². The average Bonchev–Trinajstić information content (AvgIpc) is 2.48. The van der Waals surface area contributed by atoms with Crippen molar-refractivity contribution in [2.24, 2.45) is 9.98 Å². The number of isocyanates is 2. The lowest BCUT2D eigenvalue weighted by Gasteiger charge is -1.95. The molecule has 4 nitrogen and oxygen atoms in total. The van der Waals surface area contributed by atoms with E-state index in [2.05, 4.69) is 9.98 Å². The van der Waals surface area contributed by atoms with E-state index in [9.17, 15) is 18.4 Å². The van der Waals surface area contributed by atoms with Gasteiger partial charge in [-0.15, -0.1) is 0 Å². The zero-order valence-electron chi connectivity index (χ0n) is 11.9. The van der Waals surface area contributed by atoms with Crippen LogP contribution in [0.1, 0.15) is 11.1 Å². The van der Waals surface area contributed by atoms with Crippen LogP contribution >= 0.6 is 0 Å². The summed E-state index contributed by atoms with van der Waals surface area (Å²) in [6.45, 7) is 3.39. The Bertz CT molecular complexity index is 763. The van der Waals surface area contributed by atoms with Crippen molar-refractivity contribution in [2.75, 3.05) is 0 Å². The number of aryl methyl sites for hydroxylation is 2. The third kappa shape index (κ3) is 5.21. The summed E-state index contributed by atoms with van der Waals surface area (Å²) >= 11 is 0. The van der Waals surface area contributed by atoms with E-state index in [1.54, 1.807) is 32.0 Å². The molecule has 6 heteroatoms. The third-order valence-corrected chi connectivity index (χ3v) is 2.67. The van der Waals surface area contributed by atoms with Crippen LogP contribution in [0.15, 0.2) is 46.4 Å². The smallest absolute Gasteiger partial charge is 0.211 e. The van der Waals surface area contributed by atoms with Crippen LogP contribution in [0, 0.1) is 25.5 Å². The maximum Gasteiger partial charge on any atom is 0.240 e. The molecular weight excluding hydrogens is 290 g/mol. The second-order valence-corrected chi connectivity index (χ2v) is 4.27. The summed E-state index contributed by atoms with van der Waals surface area (Å²) in [5.41, 5.74) is 1.92. The van der Waals surface area contributed by atoms with Crippen molar-refractivity contribution in [3.63, 3.8) is 0 Å². The van der Waals surface area contributed by atoms with Gasteiger partial charge in [0.1, 0.15) is 11.6 Å². The van der Waals surface area contributed by atoms with E-state index in [1.807, 2.05) is 0 Å². The predicted molar refractivity (Wildman–Crippen MR) is 77.8 cm³/mol. The van der Waals surface area contributed by atoms with Crippen molar-refractivity contribution < 1.29 is 18.4 Å². The van der Waals surface area contributed by atoms with Crippen LogP contribution in [-0.2, 0) is 9.59 Å². The van der Waals surface area contributed by atoms with E-state index in [0.29, 0.717) is 16.9 Å². The van der Waals surface area contributed by atoms with Gasteiger partial charge in [0.25, 0.3) is 0 Å². The molecule has 22 heavy (non-hydrogen) atoms. The molecule has 0 radical (unpaired) electrons. The molecule has 0 heterocycles. The normalized spacial score (nSPS) is 8.91. The van der Waals surface area contributed by atoms with E-state index < -0.39 is 5.82 Å². The zero-order valence-corrected chi connectivity index (χ0v) is 11.9. The van der Waals surface area contributed by atoms with Crippen molar-refractivity contribution in [3.05, 3.63) is 59.2 Å². The zero-order chi connectivity index (χ0) is 16.5. The van der Waals surface area contributed by atoms with Gasteiger partial charge in [-0.1, -0.05) is 12.1 Å². The van der Waals surface area contributed by atoms with Crippen molar-refractivity contribution in [3.8, 4) is 0 Å². The fraction of sp³-hybridized carbons (Fsp3) is 0.125. The number of benzene rings is 2. The molecule has 0 aliphatic rings. The van der Waals surface area contributed by atoms with Gasteiger partial charge >= 0.3 is 0 Å². The third-order valence-electron chi connectivity index (χ3n) is 2.67. The lowest BCUT2D eigenvalue weighted by atomic mass is 10.2. The molecule has 0 atom stereocenters. The summed E-state index contributed by atoms with van der Waals surface area (Å²) in [6, 6.07) is 8.39. The molecule has 0 amide bonds. The van der Waals surface area contributed by atoms with Crippen LogP contribution in [0.3, 0.4) is 0 Å². The van der Waals surface area contributed by atoms with Gasteiger partial charge in [0, 0.05) is 12.1 Å². The standard InChI is InChI=1S/2C8H6FNO/c1-6-2-3-7(10-5-11)4-8(6)9;1-6-2-3-7(9)4-8(6)10-5-11/h2*2-4H,1H3. The summed E-state index contributed by atoms with van der Waals surface area (Å²) in [7, 11) is 0. The predicted octanol–water partition coefficient (Wildman–Crippen LogP) is 4.20. The summed E-state index contributed by atoms with van der Waals surface area (Å²) in [4.78, 5) is 26.2. The van der Waals surface area contributed by atoms with E-state index in [-0.39, 0.29) is 5.82 Å². The Morgan fingerprint density at radius 1 is 0.864 bits per heavy atom. The molecule has 0 aromatic heterocycles. The van der Waals surface area contributed by atoms with Crippen LogP contribution in [0.2, 0.25) is 0 Å². The number of aliphatic imine (C=N–C) groups is 2. The Hall–Kier alpha value is -2.94. The topological polar surface area (TPSA) is 58.9 Å². The molecule has 0 spiro atoms. The maximum atomic E-state index is 12.7. The molecule has 2 aromatic carbocycles. The molecule has 0 aliphatic heterocycles. The van der Waals surface area contributed by atoms with Crippen LogP contribution in [0.4, 0.5) is 20.2 Å². The van der Waals surface area contributed by atoms with E-state index in [4.69, 9.17) is 0 Å². The van der Waals surface area contributed by atoms with Crippen LogP contribution < -0.4 is 0 Å². The lowest BCUT2D eigenvalue weighted by molar-refractivity contribution is 0.564. The lowest BCUT2D eigenvalue weighted by Crippen LogP contribution is -1.78. The summed E-state index contributed by atoms with van der Waals surface area (Å²) in [5, 5.41) is 0. The molecular formula is C16H12F2N2O2. The summed E-state index contributed by atoms with van der Waals surface area (Å²) < 4.78 is 25.2. The van der Waals surface area contributed by atoms with Crippen LogP contribution in [0.25, 0.3) is 0 Å². The van der Waals surface area contributed by atoms with Gasteiger partial charge in [0.15, 0.2) is 0 Å². The Kier molecular flexibility index (Phi) is 6.51. The number of hydrogen-bond acceptors (Lipinski definition) is 4. The maximum absolute atomic E-state index is 12.7. The minimum absolute atomic E-state index is 0.295. The minimum Gasteiger partial charge on any atom is -0.211 e. The fourth-order valence-corrected chi connectivity index (χ4v) is 1.46. The van der Waals surface area contributed by atoms with Crippen molar-refractivity contribution in [2.45, 2.75) is 13.8 Å². The Labute approximate surface area is 125 Å². The number of halogens is 2. The van der Waals surface area contributed by atoms with E-state index in [1.165, 1.54) is 30.4 Å².